The summed E-state index contributed by atoms with van der Waals surface area (Å²) in [5.74, 6) is -0.470. The van der Waals surface area contributed by atoms with Gasteiger partial charge in [0.1, 0.15) is 0 Å². The summed E-state index contributed by atoms with van der Waals surface area (Å²) in [6.07, 6.45) is -5.06. The number of carbonyl (C=O) groups is 1. The lowest BCUT2D eigenvalue weighted by molar-refractivity contribution is -0.137. The number of carbonyl (C=O) groups excluding carboxylic acids is 1. The normalized spacial score (nSPS) is 17.5. The fraction of sp³-hybridized carbons (Fsp3) is 0.133. The maximum atomic E-state index is 12.6. The zero-order valence-electron chi connectivity index (χ0n) is 10.4. The van der Waals surface area contributed by atoms with Gasteiger partial charge in [-0.25, -0.2) is 4.79 Å². The van der Waals surface area contributed by atoms with Gasteiger partial charge in [-0.2, -0.15) is 13.2 Å². The van der Waals surface area contributed by atoms with Gasteiger partial charge in [-0.3, -0.25) is 0 Å². The number of hydrogen-bond donors (Lipinski definition) is 0. The van der Waals surface area contributed by atoms with Gasteiger partial charge in [-0.1, -0.05) is 28.1 Å². The smallest absolute Gasteiger partial charge is 0.416 e. The molecule has 2 nitrogen and oxygen atoms in total. The van der Waals surface area contributed by atoms with E-state index >= 15 is 0 Å². The molecule has 0 saturated carbocycles. The summed E-state index contributed by atoms with van der Waals surface area (Å²) in [6.45, 7) is 0. The predicted octanol–water partition coefficient (Wildman–Crippen LogP) is 4.73. The van der Waals surface area contributed by atoms with Gasteiger partial charge >= 0.3 is 12.1 Å². The minimum Gasteiger partial charge on any atom is -0.449 e. The summed E-state index contributed by atoms with van der Waals surface area (Å²) in [5, 5.41) is 0. The Kier molecular flexibility index (Phi) is 3.28. The quantitative estimate of drug-likeness (QED) is 0.690. The number of esters is 1. The van der Waals surface area contributed by atoms with E-state index in [0.717, 1.165) is 16.6 Å². The molecule has 0 aliphatic carbocycles. The van der Waals surface area contributed by atoms with Crippen LogP contribution in [0, 0.1) is 0 Å². The number of benzene rings is 2. The van der Waals surface area contributed by atoms with Crippen LogP contribution in [0.2, 0.25) is 0 Å². The molecular formula is C15H8BrF3O2. The molecule has 0 radical (unpaired) electrons. The minimum atomic E-state index is -4.38. The summed E-state index contributed by atoms with van der Waals surface area (Å²) in [4.78, 5) is 11.8. The highest BCUT2D eigenvalue weighted by Gasteiger charge is 2.34. The Morgan fingerprint density at radius 3 is 2.33 bits per heavy atom. The molecule has 1 aliphatic rings. The lowest BCUT2D eigenvalue weighted by atomic mass is 9.98. The molecule has 0 spiro atoms. The average Bonchev–Trinajstić information content (AvgIpc) is 2.75. The van der Waals surface area contributed by atoms with E-state index in [9.17, 15) is 18.0 Å². The number of alkyl halides is 3. The molecule has 0 saturated heterocycles. The van der Waals surface area contributed by atoms with Crippen molar-refractivity contribution in [2.24, 2.45) is 0 Å². The summed E-state index contributed by atoms with van der Waals surface area (Å²) >= 11 is 3.31. The molecule has 1 aliphatic heterocycles. The molecular weight excluding hydrogens is 349 g/mol. The molecule has 3 rings (SSSR count). The molecule has 1 atom stereocenters. The third-order valence-corrected chi connectivity index (χ3v) is 3.77. The molecule has 0 unspecified atom stereocenters. The van der Waals surface area contributed by atoms with E-state index in [-0.39, 0.29) is 0 Å². The van der Waals surface area contributed by atoms with Crippen LogP contribution in [0.15, 0.2) is 46.9 Å². The Balaban J connectivity index is 2.00. The van der Waals surface area contributed by atoms with Crippen LogP contribution >= 0.6 is 15.9 Å². The Labute approximate surface area is 126 Å². The molecule has 6 heteroatoms. The van der Waals surface area contributed by atoms with Crippen molar-refractivity contribution in [1.82, 2.24) is 0 Å². The molecule has 0 N–H and O–H groups in total. The zero-order valence-corrected chi connectivity index (χ0v) is 12.0. The highest BCUT2D eigenvalue weighted by Crippen LogP contribution is 2.38. The predicted molar refractivity (Wildman–Crippen MR) is 72.8 cm³/mol. The van der Waals surface area contributed by atoms with Crippen LogP contribution in [0.3, 0.4) is 0 Å². The minimum absolute atomic E-state index is 0.433. The molecule has 0 amide bonds. The summed E-state index contributed by atoms with van der Waals surface area (Å²) in [6, 6.07) is 9.72. The van der Waals surface area contributed by atoms with Gasteiger partial charge < -0.3 is 4.74 Å². The Bertz CT molecular complexity index is 708. The van der Waals surface area contributed by atoms with Crippen LogP contribution in [0.25, 0.3) is 0 Å². The summed E-state index contributed by atoms with van der Waals surface area (Å²) < 4.78 is 43.7. The maximum Gasteiger partial charge on any atom is 0.416 e. The monoisotopic (exact) mass is 356 g/mol. The molecule has 1 heterocycles. The highest BCUT2D eigenvalue weighted by atomic mass is 79.9. The van der Waals surface area contributed by atoms with Gasteiger partial charge in [-0.05, 0) is 35.9 Å². The highest BCUT2D eigenvalue weighted by molar-refractivity contribution is 9.10. The topological polar surface area (TPSA) is 26.3 Å². The lowest BCUT2D eigenvalue weighted by Gasteiger charge is -2.13. The van der Waals surface area contributed by atoms with Gasteiger partial charge in [0, 0.05) is 10.0 Å². The fourth-order valence-corrected chi connectivity index (χ4v) is 2.64. The fourth-order valence-electron chi connectivity index (χ4n) is 2.26. The first kappa shape index (κ1) is 14.1. The Morgan fingerprint density at radius 2 is 1.71 bits per heavy atom. The van der Waals surface area contributed by atoms with Crippen LogP contribution in [0.5, 0.6) is 0 Å². The van der Waals surface area contributed by atoms with Crippen molar-refractivity contribution in [3.05, 3.63) is 69.2 Å². The van der Waals surface area contributed by atoms with Crippen LogP contribution in [0.4, 0.5) is 13.2 Å². The SMILES string of the molecule is O=C1O[C@H](c2ccc(C(F)(F)F)cc2)c2cc(Br)ccc21. The van der Waals surface area contributed by atoms with Crippen LogP contribution in [-0.4, -0.2) is 5.97 Å². The first-order valence-electron chi connectivity index (χ1n) is 6.04. The molecule has 108 valence electrons. The first-order valence-corrected chi connectivity index (χ1v) is 6.83. The van der Waals surface area contributed by atoms with Gasteiger partial charge in [0.2, 0.25) is 0 Å². The van der Waals surface area contributed by atoms with E-state index in [2.05, 4.69) is 15.9 Å². The molecule has 21 heavy (non-hydrogen) atoms. The summed E-state index contributed by atoms with van der Waals surface area (Å²) in [7, 11) is 0. The number of ether oxygens (including phenoxy) is 1. The summed E-state index contributed by atoms with van der Waals surface area (Å²) in [5.41, 5.74) is 0.857. The second kappa shape index (κ2) is 4.87. The standard InChI is InChI=1S/C15H8BrF3O2/c16-10-5-6-11-12(7-10)13(21-14(11)20)8-1-3-9(4-2-8)15(17,18)19/h1-7,13H/t13-/m1/s1. The second-order valence-electron chi connectivity index (χ2n) is 4.64. The third-order valence-electron chi connectivity index (χ3n) is 3.28. The molecule has 2 aromatic carbocycles. The van der Waals surface area contributed by atoms with Gasteiger partial charge in [0.15, 0.2) is 6.10 Å². The van der Waals surface area contributed by atoms with Gasteiger partial charge in [-0.15, -0.1) is 0 Å². The van der Waals surface area contributed by atoms with E-state index < -0.39 is 23.8 Å². The molecule has 2 aromatic rings. The van der Waals surface area contributed by atoms with Crippen molar-refractivity contribution >= 4 is 21.9 Å². The van der Waals surface area contributed by atoms with Crippen molar-refractivity contribution in [3.63, 3.8) is 0 Å². The van der Waals surface area contributed by atoms with E-state index in [1.165, 1.54) is 12.1 Å². The number of halogens is 4. The van der Waals surface area contributed by atoms with Crippen molar-refractivity contribution in [1.29, 1.82) is 0 Å². The Morgan fingerprint density at radius 1 is 1.05 bits per heavy atom. The largest absolute Gasteiger partial charge is 0.449 e. The van der Waals surface area contributed by atoms with E-state index in [4.69, 9.17) is 4.74 Å². The molecule has 0 fully saturated rings. The van der Waals surface area contributed by atoms with Crippen molar-refractivity contribution in [2.75, 3.05) is 0 Å². The molecule has 0 aromatic heterocycles. The number of fused-ring (bicyclic) bond motifs is 1. The zero-order chi connectivity index (χ0) is 15.2. The van der Waals surface area contributed by atoms with Gasteiger partial charge in [0.25, 0.3) is 0 Å². The third kappa shape index (κ3) is 2.55. The van der Waals surface area contributed by atoms with Crippen LogP contribution in [-0.2, 0) is 10.9 Å². The van der Waals surface area contributed by atoms with E-state index in [1.807, 2.05) is 0 Å². The van der Waals surface area contributed by atoms with Crippen LogP contribution in [0.1, 0.15) is 33.2 Å². The van der Waals surface area contributed by atoms with Gasteiger partial charge in [0.05, 0.1) is 11.1 Å². The lowest BCUT2D eigenvalue weighted by Crippen LogP contribution is -2.06. The number of rotatable bonds is 1. The number of cyclic esters (lactones) is 1. The molecule has 0 bridgehead atoms. The Hall–Kier alpha value is -1.82. The average molecular weight is 357 g/mol. The van der Waals surface area contributed by atoms with Crippen LogP contribution < -0.4 is 0 Å². The first-order chi connectivity index (χ1) is 9.86. The maximum absolute atomic E-state index is 12.6. The van der Waals surface area contributed by atoms with Crippen molar-refractivity contribution < 1.29 is 22.7 Å². The van der Waals surface area contributed by atoms with E-state index in [1.54, 1.807) is 18.2 Å². The number of hydrogen-bond acceptors (Lipinski definition) is 2. The van der Waals surface area contributed by atoms with E-state index in [0.29, 0.717) is 16.7 Å². The van der Waals surface area contributed by atoms with Crippen molar-refractivity contribution in [3.8, 4) is 0 Å². The van der Waals surface area contributed by atoms with Crippen molar-refractivity contribution in [2.45, 2.75) is 12.3 Å². The second-order valence-corrected chi connectivity index (χ2v) is 5.55.